The highest BCUT2D eigenvalue weighted by molar-refractivity contribution is 5.85. The average molecular weight is 390 g/mol. The molecule has 1 unspecified atom stereocenters. The van der Waals surface area contributed by atoms with E-state index in [0.717, 1.165) is 0 Å². The van der Waals surface area contributed by atoms with E-state index in [4.69, 9.17) is 5.73 Å². The fraction of sp³-hybridized carbons (Fsp3) is 1.00. The Hall–Kier alpha value is 0.250. The van der Waals surface area contributed by atoms with Crippen molar-refractivity contribution in [3.63, 3.8) is 0 Å². The predicted molar refractivity (Wildman–Crippen MR) is 123 cm³/mol. The molecule has 0 aliphatic carbocycles. The molecule has 0 aliphatic rings. The molecule has 1 atom stereocenters. The zero-order chi connectivity index (χ0) is 18.8. The van der Waals surface area contributed by atoms with Crippen LogP contribution in [-0.2, 0) is 0 Å². The Bertz CT molecular complexity index is 259. The highest BCUT2D eigenvalue weighted by Gasteiger charge is 2.22. The molecule has 0 spiro atoms. The summed E-state index contributed by atoms with van der Waals surface area (Å²) in [5.74, 6) is 0.694. The molecule has 26 heavy (non-hydrogen) atoms. The van der Waals surface area contributed by atoms with Gasteiger partial charge < -0.3 is 5.73 Å². The van der Waals surface area contributed by atoms with Gasteiger partial charge in [-0.25, -0.2) is 0 Å². The van der Waals surface area contributed by atoms with Crippen molar-refractivity contribution in [1.82, 2.24) is 0 Å². The van der Waals surface area contributed by atoms with Crippen molar-refractivity contribution < 1.29 is 0 Å². The van der Waals surface area contributed by atoms with Crippen molar-refractivity contribution in [3.05, 3.63) is 0 Å². The van der Waals surface area contributed by atoms with Gasteiger partial charge in [0.2, 0.25) is 0 Å². The number of unbranched alkanes of at least 4 members (excludes halogenated alkanes) is 15. The molecule has 0 heterocycles. The maximum Gasteiger partial charge on any atom is 0.0125 e. The summed E-state index contributed by atoms with van der Waals surface area (Å²) in [5.41, 5.74) is 6.26. The van der Waals surface area contributed by atoms with Crippen LogP contribution in [-0.4, -0.2) is 5.54 Å². The van der Waals surface area contributed by atoms with Crippen LogP contribution in [0.15, 0.2) is 0 Å². The SMILES string of the molecule is CCCCCCCCCCCCCCCCCCC(CC)C(C)(C)N.Cl. The van der Waals surface area contributed by atoms with E-state index in [9.17, 15) is 0 Å². The van der Waals surface area contributed by atoms with Crippen LogP contribution in [0.2, 0.25) is 0 Å². The lowest BCUT2D eigenvalue weighted by Crippen LogP contribution is -2.40. The van der Waals surface area contributed by atoms with Crippen molar-refractivity contribution in [3.8, 4) is 0 Å². The Morgan fingerprint density at radius 3 is 1.15 bits per heavy atom. The topological polar surface area (TPSA) is 26.0 Å². The fourth-order valence-electron chi connectivity index (χ4n) is 4.04. The molecule has 2 heteroatoms. The zero-order valence-corrected chi connectivity index (χ0v) is 19.6. The van der Waals surface area contributed by atoms with Crippen LogP contribution < -0.4 is 5.73 Å². The third-order valence-corrected chi connectivity index (χ3v) is 5.95. The van der Waals surface area contributed by atoms with E-state index < -0.39 is 0 Å². The van der Waals surface area contributed by atoms with Crippen LogP contribution in [0.25, 0.3) is 0 Å². The van der Waals surface area contributed by atoms with Crippen LogP contribution >= 0.6 is 12.4 Å². The second kappa shape index (κ2) is 20.0. The molecule has 0 bridgehead atoms. The fourth-order valence-corrected chi connectivity index (χ4v) is 4.04. The van der Waals surface area contributed by atoms with Gasteiger partial charge in [0.25, 0.3) is 0 Å². The van der Waals surface area contributed by atoms with Gasteiger partial charge in [-0.1, -0.05) is 123 Å². The van der Waals surface area contributed by atoms with Gasteiger partial charge in [0, 0.05) is 5.54 Å². The van der Waals surface area contributed by atoms with E-state index in [0.29, 0.717) is 5.92 Å². The minimum Gasteiger partial charge on any atom is -0.325 e. The second-order valence-corrected chi connectivity index (χ2v) is 9.02. The lowest BCUT2D eigenvalue weighted by molar-refractivity contribution is 0.283. The molecule has 0 aromatic rings. The number of halogens is 1. The van der Waals surface area contributed by atoms with Crippen molar-refractivity contribution in [1.29, 1.82) is 0 Å². The lowest BCUT2D eigenvalue weighted by Gasteiger charge is -2.29. The first kappa shape index (κ1) is 28.5. The molecule has 0 aromatic carbocycles. The Labute approximate surface area is 173 Å². The Balaban J connectivity index is 0. The first-order valence-electron chi connectivity index (χ1n) is 11.8. The summed E-state index contributed by atoms with van der Waals surface area (Å²) in [6.07, 6.45) is 25.7. The van der Waals surface area contributed by atoms with Gasteiger partial charge >= 0.3 is 0 Å². The number of rotatable bonds is 19. The van der Waals surface area contributed by atoms with E-state index in [1.165, 1.54) is 116 Å². The molecule has 0 rings (SSSR count). The molecule has 160 valence electrons. The predicted octanol–water partition coefficient (Wildman–Crippen LogP) is 8.82. The Morgan fingerprint density at radius 2 is 0.885 bits per heavy atom. The number of hydrogen-bond donors (Lipinski definition) is 1. The molecule has 0 saturated heterocycles. The van der Waals surface area contributed by atoms with Crippen molar-refractivity contribution in [2.45, 2.75) is 149 Å². The van der Waals surface area contributed by atoms with Crippen molar-refractivity contribution in [2.24, 2.45) is 11.7 Å². The second-order valence-electron chi connectivity index (χ2n) is 9.02. The molecule has 0 amide bonds. The standard InChI is InChI=1S/C24H51N.ClH/c1-5-7-8-9-10-11-12-13-14-15-16-17-18-19-20-21-22-23(6-2)24(3,4)25;/h23H,5-22,25H2,1-4H3;1H. The van der Waals surface area contributed by atoms with E-state index in [2.05, 4.69) is 27.7 Å². The summed E-state index contributed by atoms with van der Waals surface area (Å²) in [5, 5.41) is 0. The quantitative estimate of drug-likeness (QED) is 0.219. The highest BCUT2D eigenvalue weighted by Crippen LogP contribution is 2.24. The molecule has 0 aliphatic heterocycles. The van der Waals surface area contributed by atoms with E-state index in [1.807, 2.05) is 0 Å². The van der Waals surface area contributed by atoms with Crippen LogP contribution in [0.1, 0.15) is 143 Å². The summed E-state index contributed by atoms with van der Waals surface area (Å²) in [4.78, 5) is 0. The molecular formula is C24H52ClN. The summed E-state index contributed by atoms with van der Waals surface area (Å²) in [7, 11) is 0. The molecule has 0 fully saturated rings. The Morgan fingerprint density at radius 1 is 0.577 bits per heavy atom. The molecule has 1 nitrogen and oxygen atoms in total. The highest BCUT2D eigenvalue weighted by atomic mass is 35.5. The third kappa shape index (κ3) is 19.0. The maximum atomic E-state index is 6.26. The van der Waals surface area contributed by atoms with Gasteiger partial charge in [-0.15, -0.1) is 12.4 Å². The minimum atomic E-state index is 0. The van der Waals surface area contributed by atoms with Crippen molar-refractivity contribution in [2.75, 3.05) is 0 Å². The maximum absolute atomic E-state index is 6.26. The summed E-state index contributed by atoms with van der Waals surface area (Å²) in [6, 6.07) is 0. The zero-order valence-electron chi connectivity index (χ0n) is 18.8. The average Bonchev–Trinajstić information content (AvgIpc) is 2.56. The molecule has 0 radical (unpaired) electrons. The summed E-state index contributed by atoms with van der Waals surface area (Å²) in [6.45, 7) is 8.96. The lowest BCUT2D eigenvalue weighted by atomic mass is 9.82. The van der Waals surface area contributed by atoms with Gasteiger partial charge in [-0.2, -0.15) is 0 Å². The van der Waals surface area contributed by atoms with Gasteiger partial charge in [0.15, 0.2) is 0 Å². The van der Waals surface area contributed by atoms with E-state index >= 15 is 0 Å². The van der Waals surface area contributed by atoms with E-state index in [1.54, 1.807) is 0 Å². The largest absolute Gasteiger partial charge is 0.325 e. The van der Waals surface area contributed by atoms with Crippen LogP contribution in [0.5, 0.6) is 0 Å². The van der Waals surface area contributed by atoms with Gasteiger partial charge in [0.05, 0.1) is 0 Å². The first-order valence-corrected chi connectivity index (χ1v) is 11.8. The van der Waals surface area contributed by atoms with Crippen LogP contribution in [0, 0.1) is 5.92 Å². The molecule has 0 aromatic heterocycles. The van der Waals surface area contributed by atoms with Crippen LogP contribution in [0.3, 0.4) is 0 Å². The normalized spacial score (nSPS) is 12.8. The molecular weight excluding hydrogens is 338 g/mol. The van der Waals surface area contributed by atoms with Crippen LogP contribution in [0.4, 0.5) is 0 Å². The van der Waals surface area contributed by atoms with Crippen molar-refractivity contribution >= 4 is 12.4 Å². The minimum absolute atomic E-state index is 0. The van der Waals surface area contributed by atoms with E-state index in [-0.39, 0.29) is 17.9 Å². The first-order chi connectivity index (χ1) is 12.0. The van der Waals surface area contributed by atoms with Gasteiger partial charge in [-0.3, -0.25) is 0 Å². The summed E-state index contributed by atoms with van der Waals surface area (Å²) >= 11 is 0. The smallest absolute Gasteiger partial charge is 0.0125 e. The number of nitrogens with two attached hydrogens (primary N) is 1. The Kier molecular flexibility index (Phi) is 21.9. The van der Waals surface area contributed by atoms with Gasteiger partial charge in [-0.05, 0) is 26.2 Å². The third-order valence-electron chi connectivity index (χ3n) is 5.95. The molecule has 0 saturated carbocycles. The monoisotopic (exact) mass is 389 g/mol. The summed E-state index contributed by atoms with van der Waals surface area (Å²) < 4.78 is 0. The molecule has 2 N–H and O–H groups in total. The number of hydrogen-bond acceptors (Lipinski definition) is 1. The van der Waals surface area contributed by atoms with Gasteiger partial charge in [0.1, 0.15) is 0 Å².